The number of nitrogens with one attached hydrogen (secondary N) is 1. The monoisotopic (exact) mass is 338 g/mol. The molecule has 4 heteroatoms. The summed E-state index contributed by atoms with van der Waals surface area (Å²) in [4.78, 5) is 1.35. The summed E-state index contributed by atoms with van der Waals surface area (Å²) in [6.07, 6.45) is 1.91. The largest absolute Gasteiger partial charge is 0.271 e. The summed E-state index contributed by atoms with van der Waals surface area (Å²) in [5, 5.41) is 2.11. The highest BCUT2D eigenvalue weighted by Gasteiger charge is 2.11. The van der Waals surface area contributed by atoms with E-state index in [1.54, 1.807) is 11.3 Å². The molecule has 0 saturated heterocycles. The lowest BCUT2D eigenvalue weighted by molar-refractivity contribution is 0.525. The van der Waals surface area contributed by atoms with Crippen LogP contribution in [-0.2, 0) is 12.8 Å². The summed E-state index contributed by atoms with van der Waals surface area (Å²) < 4.78 is 1.15. The van der Waals surface area contributed by atoms with Crippen molar-refractivity contribution in [2.24, 2.45) is 5.84 Å². The molecule has 1 heterocycles. The minimum Gasteiger partial charge on any atom is -0.271 e. The Kier molecular flexibility index (Phi) is 5.16. The number of hydrazine groups is 1. The molecule has 19 heavy (non-hydrogen) atoms. The molecule has 1 aromatic heterocycles. The van der Waals surface area contributed by atoms with Crippen molar-refractivity contribution in [3.8, 4) is 0 Å². The van der Waals surface area contributed by atoms with Crippen molar-refractivity contribution in [1.82, 2.24) is 5.43 Å². The van der Waals surface area contributed by atoms with Gasteiger partial charge in [-0.15, -0.1) is 11.3 Å². The van der Waals surface area contributed by atoms with Crippen LogP contribution in [0.3, 0.4) is 0 Å². The summed E-state index contributed by atoms with van der Waals surface area (Å²) in [5.41, 5.74) is 6.94. The molecule has 0 radical (unpaired) electrons. The maximum absolute atomic E-state index is 5.69. The Bertz CT molecular complexity index is 551. The summed E-state index contributed by atoms with van der Waals surface area (Å²) in [6.45, 7) is 4.29. The first-order chi connectivity index (χ1) is 9.08. The van der Waals surface area contributed by atoms with Crippen LogP contribution < -0.4 is 11.3 Å². The van der Waals surface area contributed by atoms with Crippen molar-refractivity contribution < 1.29 is 0 Å². The SMILES string of the molecule is Cc1ccc(CC(Cc2cc(Br)cs2)NN)cc1C. The molecule has 2 nitrogen and oxygen atoms in total. The molecule has 0 aliphatic rings. The number of hydrogen-bond acceptors (Lipinski definition) is 3. The van der Waals surface area contributed by atoms with E-state index in [0.717, 1.165) is 17.3 Å². The Balaban J connectivity index is 2.04. The van der Waals surface area contributed by atoms with Gasteiger partial charge in [-0.1, -0.05) is 18.2 Å². The van der Waals surface area contributed by atoms with Gasteiger partial charge in [0, 0.05) is 20.8 Å². The Morgan fingerprint density at radius 3 is 2.58 bits per heavy atom. The van der Waals surface area contributed by atoms with E-state index in [1.807, 2.05) is 0 Å². The van der Waals surface area contributed by atoms with E-state index in [-0.39, 0.29) is 6.04 Å². The molecule has 3 N–H and O–H groups in total. The molecule has 0 aliphatic heterocycles. The fourth-order valence-electron chi connectivity index (χ4n) is 2.11. The molecule has 2 rings (SSSR count). The van der Waals surface area contributed by atoms with Crippen LogP contribution in [0.1, 0.15) is 21.6 Å². The Labute approximate surface area is 127 Å². The van der Waals surface area contributed by atoms with Crippen LogP contribution in [0.2, 0.25) is 0 Å². The van der Waals surface area contributed by atoms with Gasteiger partial charge >= 0.3 is 0 Å². The Morgan fingerprint density at radius 2 is 2.00 bits per heavy atom. The van der Waals surface area contributed by atoms with Gasteiger partial charge in [-0.05, 0) is 65.4 Å². The normalized spacial score (nSPS) is 12.6. The maximum atomic E-state index is 5.69. The van der Waals surface area contributed by atoms with Crippen LogP contribution in [-0.4, -0.2) is 6.04 Å². The van der Waals surface area contributed by atoms with Gasteiger partial charge in [-0.25, -0.2) is 0 Å². The Hall–Kier alpha value is -0.680. The molecule has 1 aromatic carbocycles. The third-order valence-corrected chi connectivity index (χ3v) is 5.08. The molecular formula is C15H19BrN2S. The van der Waals surface area contributed by atoms with Crippen molar-refractivity contribution in [2.75, 3.05) is 0 Å². The number of halogens is 1. The van der Waals surface area contributed by atoms with E-state index in [0.29, 0.717) is 0 Å². The van der Waals surface area contributed by atoms with Crippen molar-refractivity contribution in [3.05, 3.63) is 55.7 Å². The molecule has 102 valence electrons. The van der Waals surface area contributed by atoms with Crippen molar-refractivity contribution in [2.45, 2.75) is 32.7 Å². The van der Waals surface area contributed by atoms with Crippen LogP contribution in [0.25, 0.3) is 0 Å². The van der Waals surface area contributed by atoms with Crippen molar-refractivity contribution in [3.63, 3.8) is 0 Å². The third kappa shape index (κ3) is 4.14. The number of nitrogens with two attached hydrogens (primary N) is 1. The average Bonchev–Trinajstić information content (AvgIpc) is 2.78. The van der Waals surface area contributed by atoms with Crippen molar-refractivity contribution in [1.29, 1.82) is 0 Å². The van der Waals surface area contributed by atoms with Gasteiger partial charge in [0.05, 0.1) is 0 Å². The Morgan fingerprint density at radius 1 is 1.21 bits per heavy atom. The molecule has 0 amide bonds. The number of rotatable bonds is 5. The number of aryl methyl sites for hydroxylation is 2. The zero-order valence-electron chi connectivity index (χ0n) is 11.2. The summed E-state index contributed by atoms with van der Waals surface area (Å²) in [5.74, 6) is 5.69. The molecule has 0 aliphatic carbocycles. The minimum absolute atomic E-state index is 0.271. The molecule has 1 unspecified atom stereocenters. The van der Waals surface area contributed by atoms with Crippen LogP contribution >= 0.6 is 27.3 Å². The second kappa shape index (κ2) is 6.66. The van der Waals surface area contributed by atoms with Gasteiger partial charge in [0.15, 0.2) is 0 Å². The van der Waals surface area contributed by atoms with Gasteiger partial charge in [0.25, 0.3) is 0 Å². The highest BCUT2D eigenvalue weighted by atomic mass is 79.9. The first kappa shape index (κ1) is 14.7. The summed E-state index contributed by atoms with van der Waals surface area (Å²) in [6, 6.07) is 9.06. The first-order valence-electron chi connectivity index (χ1n) is 6.33. The average molecular weight is 339 g/mol. The zero-order valence-corrected chi connectivity index (χ0v) is 13.6. The molecule has 0 bridgehead atoms. The van der Waals surface area contributed by atoms with E-state index < -0.39 is 0 Å². The quantitative estimate of drug-likeness (QED) is 0.643. The molecule has 2 aromatic rings. The maximum Gasteiger partial charge on any atom is 0.0299 e. The lowest BCUT2D eigenvalue weighted by atomic mass is 9.99. The van der Waals surface area contributed by atoms with Crippen LogP contribution in [0.5, 0.6) is 0 Å². The zero-order chi connectivity index (χ0) is 13.8. The van der Waals surface area contributed by atoms with Crippen molar-refractivity contribution >= 4 is 27.3 Å². The van der Waals surface area contributed by atoms with Crippen LogP contribution in [0.15, 0.2) is 34.1 Å². The molecular weight excluding hydrogens is 320 g/mol. The van der Waals surface area contributed by atoms with Gasteiger partial charge in [-0.2, -0.15) is 0 Å². The van der Waals surface area contributed by atoms with E-state index >= 15 is 0 Å². The lowest BCUT2D eigenvalue weighted by Crippen LogP contribution is -2.38. The van der Waals surface area contributed by atoms with Crippen LogP contribution in [0.4, 0.5) is 0 Å². The highest BCUT2D eigenvalue weighted by Crippen LogP contribution is 2.22. The first-order valence-corrected chi connectivity index (χ1v) is 8.01. The third-order valence-electron chi connectivity index (χ3n) is 3.36. The second-order valence-corrected chi connectivity index (χ2v) is 6.83. The van der Waals surface area contributed by atoms with E-state index in [2.05, 4.69) is 64.8 Å². The summed E-state index contributed by atoms with van der Waals surface area (Å²) in [7, 11) is 0. The smallest absolute Gasteiger partial charge is 0.0299 e. The predicted molar refractivity (Wildman–Crippen MR) is 86.5 cm³/mol. The fourth-order valence-corrected chi connectivity index (χ4v) is 3.64. The van der Waals surface area contributed by atoms with E-state index in [4.69, 9.17) is 5.84 Å². The minimum atomic E-state index is 0.271. The predicted octanol–water partition coefficient (Wildman–Crippen LogP) is 3.74. The molecule has 1 atom stereocenters. The highest BCUT2D eigenvalue weighted by molar-refractivity contribution is 9.10. The molecule has 0 saturated carbocycles. The number of hydrogen-bond donors (Lipinski definition) is 2. The summed E-state index contributed by atoms with van der Waals surface area (Å²) >= 11 is 5.25. The number of thiophene rings is 1. The second-order valence-electron chi connectivity index (χ2n) is 4.92. The van der Waals surface area contributed by atoms with Gasteiger partial charge in [0.1, 0.15) is 0 Å². The van der Waals surface area contributed by atoms with E-state index in [1.165, 1.54) is 21.6 Å². The van der Waals surface area contributed by atoms with E-state index in [9.17, 15) is 0 Å². The standard InChI is InChI=1S/C15H19BrN2S/c1-10-3-4-12(5-11(10)2)6-14(18-17)8-15-7-13(16)9-19-15/h3-5,7,9,14,18H,6,8,17H2,1-2H3. The topological polar surface area (TPSA) is 38.0 Å². The molecule has 0 spiro atoms. The van der Waals surface area contributed by atoms with Gasteiger partial charge < -0.3 is 0 Å². The fraction of sp³-hybridized carbons (Fsp3) is 0.333. The lowest BCUT2D eigenvalue weighted by Gasteiger charge is -2.15. The molecule has 0 fully saturated rings. The van der Waals surface area contributed by atoms with Crippen LogP contribution in [0, 0.1) is 13.8 Å². The van der Waals surface area contributed by atoms with Gasteiger partial charge in [-0.3, -0.25) is 11.3 Å². The van der Waals surface area contributed by atoms with Gasteiger partial charge in [0.2, 0.25) is 0 Å². The number of benzene rings is 1.